The smallest absolute Gasteiger partial charge is 0.459 e. The van der Waals surface area contributed by atoms with Gasteiger partial charge in [-0.3, -0.25) is 4.79 Å². The molecule has 5 rings (SSSR count). The molecule has 2 aliphatic rings. The minimum atomic E-state index is -4.33. The van der Waals surface area contributed by atoms with Gasteiger partial charge in [-0.1, -0.05) is 18.2 Å². The molecule has 4 N–H and O–H groups in total. The molecule has 1 aromatic heterocycles. The van der Waals surface area contributed by atoms with E-state index in [9.17, 15) is 24.2 Å². The monoisotopic (exact) mass is 548 g/mol. The summed E-state index contributed by atoms with van der Waals surface area (Å²) in [7, 11) is -4.33. The summed E-state index contributed by atoms with van der Waals surface area (Å²) in [4.78, 5) is 36.7. The Kier molecular flexibility index (Phi) is 6.45. The molecule has 2 aromatic carbocycles. The Balaban J connectivity index is 1.56. The summed E-state index contributed by atoms with van der Waals surface area (Å²) in [6, 6.07) is 6.57. The molecule has 2 heterocycles. The number of fused-ring (bicyclic) bond motifs is 1. The maximum Gasteiger partial charge on any atom is 0.459 e. The fourth-order valence-electron chi connectivity index (χ4n) is 5.28. The standard InChI is InChI=1S/C25H27F2N4O6P/c1-13-10-29(11-14(2)31(13)38(35,36)37-16-6-4-3-5-7-16)23-19(26)21(28)18-22(20(23)27)30(15-8-9-15)12-17(24(18)32)25(33)34/h3-7,12-15H,8-11,28H2,1-2H3,(H,33,34)(H,35,36)/t13-,14+. The number of piperazine rings is 1. The van der Waals surface area contributed by atoms with Crippen molar-refractivity contribution in [1.82, 2.24) is 9.24 Å². The van der Waals surface area contributed by atoms with Crippen LogP contribution in [0.1, 0.15) is 43.1 Å². The zero-order valence-corrected chi connectivity index (χ0v) is 21.6. The van der Waals surface area contributed by atoms with E-state index in [1.807, 2.05) is 0 Å². The lowest BCUT2D eigenvalue weighted by Gasteiger charge is -2.45. The van der Waals surface area contributed by atoms with E-state index in [1.54, 1.807) is 44.2 Å². The van der Waals surface area contributed by atoms with Crippen LogP contribution in [0.2, 0.25) is 0 Å². The second kappa shape index (κ2) is 9.37. The molecule has 1 aliphatic carbocycles. The lowest BCUT2D eigenvalue weighted by atomic mass is 10.0. The first kappa shape index (κ1) is 26.1. The molecule has 0 amide bonds. The second-order valence-corrected chi connectivity index (χ2v) is 11.4. The van der Waals surface area contributed by atoms with Crippen molar-refractivity contribution in [3.8, 4) is 5.75 Å². The summed E-state index contributed by atoms with van der Waals surface area (Å²) < 4.78 is 53.1. The SMILES string of the molecule is C[C@@H]1CN(c2c(F)c(N)c3c(=O)c(C(=O)O)cn(C4CC4)c3c2F)C[C@H](C)N1P(=O)(O)Oc1ccccc1. The predicted octanol–water partition coefficient (Wildman–Crippen LogP) is 3.97. The van der Waals surface area contributed by atoms with Gasteiger partial charge < -0.3 is 29.7 Å². The Morgan fingerprint density at radius 2 is 1.71 bits per heavy atom. The van der Waals surface area contributed by atoms with E-state index in [0.29, 0.717) is 12.8 Å². The lowest BCUT2D eigenvalue weighted by Crippen LogP contribution is -2.56. The third-order valence-corrected chi connectivity index (χ3v) is 8.80. The van der Waals surface area contributed by atoms with E-state index >= 15 is 8.78 Å². The third kappa shape index (κ3) is 4.32. The van der Waals surface area contributed by atoms with E-state index < -0.39 is 65.2 Å². The average Bonchev–Trinajstić information content (AvgIpc) is 3.67. The highest BCUT2D eigenvalue weighted by Gasteiger charge is 2.44. The van der Waals surface area contributed by atoms with Gasteiger partial charge in [-0.15, -0.1) is 0 Å². The Morgan fingerprint density at radius 1 is 1.11 bits per heavy atom. The van der Waals surface area contributed by atoms with Crippen LogP contribution in [0.5, 0.6) is 5.75 Å². The molecule has 0 radical (unpaired) electrons. The summed E-state index contributed by atoms with van der Waals surface area (Å²) in [5.74, 6) is -3.52. The van der Waals surface area contributed by atoms with Gasteiger partial charge in [0.25, 0.3) is 0 Å². The van der Waals surface area contributed by atoms with Crippen molar-refractivity contribution in [2.45, 2.75) is 44.8 Å². The average molecular weight is 548 g/mol. The number of carboxylic acids is 1. The molecule has 3 atom stereocenters. The first-order chi connectivity index (χ1) is 17.9. The van der Waals surface area contributed by atoms with Crippen molar-refractivity contribution in [2.24, 2.45) is 0 Å². The van der Waals surface area contributed by atoms with E-state index in [-0.39, 0.29) is 30.4 Å². The van der Waals surface area contributed by atoms with Gasteiger partial charge in [-0.05, 0) is 38.8 Å². The van der Waals surface area contributed by atoms with Gasteiger partial charge in [-0.25, -0.2) is 18.1 Å². The van der Waals surface area contributed by atoms with Gasteiger partial charge in [0.15, 0.2) is 11.6 Å². The maximum atomic E-state index is 16.1. The van der Waals surface area contributed by atoms with Gasteiger partial charge in [0.05, 0.1) is 16.6 Å². The molecule has 10 nitrogen and oxygen atoms in total. The Morgan fingerprint density at radius 3 is 2.26 bits per heavy atom. The van der Waals surface area contributed by atoms with Crippen molar-refractivity contribution in [3.05, 3.63) is 63.9 Å². The number of rotatable bonds is 6. The van der Waals surface area contributed by atoms with E-state index in [1.165, 1.54) is 14.1 Å². The number of carbonyl (C=O) groups is 1. The van der Waals surface area contributed by atoms with Gasteiger partial charge in [0, 0.05) is 37.4 Å². The molecule has 1 unspecified atom stereocenters. The number of nitrogens with two attached hydrogens (primary N) is 1. The number of nitrogens with zero attached hydrogens (tertiary/aromatic N) is 3. The number of benzene rings is 2. The number of hydrogen-bond acceptors (Lipinski definition) is 6. The van der Waals surface area contributed by atoms with Crippen LogP contribution in [0.4, 0.5) is 20.2 Å². The van der Waals surface area contributed by atoms with Gasteiger partial charge in [0.2, 0.25) is 5.43 Å². The van der Waals surface area contributed by atoms with Gasteiger partial charge in [-0.2, -0.15) is 4.67 Å². The van der Waals surface area contributed by atoms with E-state index in [0.717, 1.165) is 6.20 Å². The third-order valence-electron chi connectivity index (χ3n) is 6.98. The van der Waals surface area contributed by atoms with E-state index in [4.69, 9.17) is 10.3 Å². The van der Waals surface area contributed by atoms with Crippen LogP contribution >= 0.6 is 7.75 Å². The number of carboxylic acid groups (broad SMARTS) is 1. The summed E-state index contributed by atoms with van der Waals surface area (Å²) in [6.45, 7) is 3.18. The molecule has 202 valence electrons. The topological polar surface area (TPSA) is 138 Å². The van der Waals surface area contributed by atoms with Crippen molar-refractivity contribution in [2.75, 3.05) is 23.7 Å². The first-order valence-electron chi connectivity index (χ1n) is 12.1. The Hall–Kier alpha value is -3.47. The minimum Gasteiger partial charge on any atom is -0.477 e. The second-order valence-electron chi connectivity index (χ2n) is 9.81. The van der Waals surface area contributed by atoms with Crippen LogP contribution in [-0.4, -0.2) is 50.4 Å². The molecule has 13 heteroatoms. The van der Waals surface area contributed by atoms with Crippen LogP contribution in [0.15, 0.2) is 41.3 Å². The van der Waals surface area contributed by atoms with Gasteiger partial charge >= 0.3 is 13.7 Å². The number of para-hydroxylation sites is 1. The zero-order chi connectivity index (χ0) is 27.5. The number of halogens is 2. The van der Waals surface area contributed by atoms with Crippen LogP contribution in [0.3, 0.4) is 0 Å². The molecule has 0 bridgehead atoms. The fraction of sp³-hybridized carbons (Fsp3) is 0.360. The summed E-state index contributed by atoms with van der Waals surface area (Å²) in [5.41, 5.74) is 2.98. The molecule has 2 fully saturated rings. The van der Waals surface area contributed by atoms with Crippen LogP contribution < -0.4 is 20.6 Å². The number of hydrogen-bond donors (Lipinski definition) is 3. The van der Waals surface area contributed by atoms with Crippen molar-refractivity contribution in [1.29, 1.82) is 0 Å². The molecule has 1 saturated carbocycles. The van der Waals surface area contributed by atoms with Crippen molar-refractivity contribution < 1.29 is 32.7 Å². The summed E-state index contributed by atoms with van der Waals surface area (Å²) in [6.07, 6.45) is 2.37. The van der Waals surface area contributed by atoms with Crippen LogP contribution in [0.25, 0.3) is 10.9 Å². The minimum absolute atomic E-state index is 0.0489. The Labute approximate surface area is 216 Å². The molecule has 1 saturated heterocycles. The number of nitrogen functional groups attached to an aromatic ring is 1. The normalized spacial score (nSPS) is 21.9. The molecule has 3 aromatic rings. The number of aromatic carboxylic acids is 1. The fourth-order valence-corrected chi connectivity index (χ4v) is 6.92. The lowest BCUT2D eigenvalue weighted by molar-refractivity contribution is 0.0694. The molecular formula is C25H27F2N4O6P. The molecule has 38 heavy (non-hydrogen) atoms. The quantitative estimate of drug-likeness (QED) is 0.309. The first-order valence-corrected chi connectivity index (χ1v) is 13.6. The highest BCUT2D eigenvalue weighted by Crippen LogP contribution is 2.51. The summed E-state index contributed by atoms with van der Waals surface area (Å²) in [5, 5.41) is 8.97. The molecule has 1 aliphatic heterocycles. The maximum absolute atomic E-state index is 16.1. The molecular weight excluding hydrogens is 521 g/mol. The predicted molar refractivity (Wildman–Crippen MR) is 138 cm³/mol. The number of aromatic nitrogens is 1. The van der Waals surface area contributed by atoms with Crippen molar-refractivity contribution >= 4 is 36.0 Å². The highest BCUT2D eigenvalue weighted by molar-refractivity contribution is 7.50. The van der Waals surface area contributed by atoms with E-state index in [2.05, 4.69) is 0 Å². The van der Waals surface area contributed by atoms with Crippen LogP contribution in [0, 0.1) is 11.6 Å². The Bertz CT molecular complexity index is 1530. The molecule has 0 spiro atoms. The van der Waals surface area contributed by atoms with Gasteiger partial charge in [0.1, 0.15) is 17.0 Å². The zero-order valence-electron chi connectivity index (χ0n) is 20.7. The number of pyridine rings is 1. The largest absolute Gasteiger partial charge is 0.477 e. The summed E-state index contributed by atoms with van der Waals surface area (Å²) >= 11 is 0. The number of anilines is 2. The van der Waals surface area contributed by atoms with Crippen LogP contribution in [-0.2, 0) is 4.57 Å². The van der Waals surface area contributed by atoms with Crippen molar-refractivity contribution in [3.63, 3.8) is 0 Å². The highest BCUT2D eigenvalue weighted by atomic mass is 31.2.